The lowest BCUT2D eigenvalue weighted by atomic mass is 9.97. The molecule has 8 nitrogen and oxygen atoms in total. The highest BCUT2D eigenvalue weighted by Gasteiger charge is 2.28. The standard InChI is InChI=1S/C25H25N5O3S2/c1-14-15(2)35-25(26-14)29-22(31)20-13-34-23(28-20)16-8-10-30(11-9-16)24(32)19-12-21(33-3)17-6-4-5-7-18(17)27-19/h4-7,12-13,16H,8-11H2,1-3H3,(H,26,29,31). The van der Waals surface area contributed by atoms with Crippen molar-refractivity contribution in [3.05, 3.63) is 62.7 Å². The lowest BCUT2D eigenvalue weighted by Crippen LogP contribution is -2.38. The van der Waals surface area contributed by atoms with Gasteiger partial charge in [0.1, 0.15) is 17.1 Å². The Kier molecular flexibility index (Phi) is 6.48. The van der Waals surface area contributed by atoms with E-state index in [1.807, 2.05) is 43.0 Å². The summed E-state index contributed by atoms with van der Waals surface area (Å²) in [7, 11) is 1.60. The summed E-state index contributed by atoms with van der Waals surface area (Å²) in [5, 5.41) is 7.03. The molecule has 2 amide bonds. The molecule has 0 saturated carbocycles. The normalized spacial score (nSPS) is 14.3. The molecule has 1 aliphatic rings. The van der Waals surface area contributed by atoms with Crippen molar-refractivity contribution in [2.45, 2.75) is 32.6 Å². The molecular formula is C25H25N5O3S2. The second-order valence-corrected chi connectivity index (χ2v) is 10.6. The van der Waals surface area contributed by atoms with E-state index in [0.29, 0.717) is 35.4 Å². The number of nitrogens with zero attached hydrogens (tertiary/aromatic N) is 4. The number of pyridine rings is 1. The number of amides is 2. The summed E-state index contributed by atoms with van der Waals surface area (Å²) in [6.07, 6.45) is 1.58. The average molecular weight is 508 g/mol. The zero-order valence-corrected chi connectivity index (χ0v) is 21.3. The van der Waals surface area contributed by atoms with Crippen LogP contribution in [0.25, 0.3) is 10.9 Å². The van der Waals surface area contributed by atoms with Crippen molar-refractivity contribution in [2.75, 3.05) is 25.5 Å². The van der Waals surface area contributed by atoms with Crippen LogP contribution in [0.15, 0.2) is 35.7 Å². The minimum absolute atomic E-state index is 0.0965. The van der Waals surface area contributed by atoms with Crippen molar-refractivity contribution >= 4 is 50.5 Å². The maximum absolute atomic E-state index is 13.2. The molecule has 1 aliphatic heterocycles. The number of ether oxygens (including phenoxy) is 1. The first kappa shape index (κ1) is 23.4. The highest BCUT2D eigenvalue weighted by atomic mass is 32.1. The molecular weight excluding hydrogens is 482 g/mol. The molecule has 0 radical (unpaired) electrons. The monoisotopic (exact) mass is 507 g/mol. The van der Waals surface area contributed by atoms with E-state index in [0.717, 1.165) is 39.3 Å². The minimum atomic E-state index is -0.245. The second kappa shape index (κ2) is 9.71. The fourth-order valence-corrected chi connectivity index (χ4v) is 5.96. The van der Waals surface area contributed by atoms with Crippen LogP contribution in [0.5, 0.6) is 5.75 Å². The first-order chi connectivity index (χ1) is 16.9. The van der Waals surface area contributed by atoms with E-state index in [2.05, 4.69) is 20.3 Å². The zero-order valence-electron chi connectivity index (χ0n) is 19.7. The number of anilines is 1. The van der Waals surface area contributed by atoms with E-state index in [1.54, 1.807) is 18.6 Å². The van der Waals surface area contributed by atoms with Gasteiger partial charge in [-0.2, -0.15) is 0 Å². The fraction of sp³-hybridized carbons (Fsp3) is 0.320. The van der Waals surface area contributed by atoms with Gasteiger partial charge in [-0.1, -0.05) is 12.1 Å². The summed E-state index contributed by atoms with van der Waals surface area (Å²) < 4.78 is 5.49. The molecule has 0 spiro atoms. The topological polar surface area (TPSA) is 97.3 Å². The Bertz CT molecular complexity index is 1390. The zero-order chi connectivity index (χ0) is 24.5. The molecule has 1 fully saturated rings. The van der Waals surface area contributed by atoms with Gasteiger partial charge in [0.15, 0.2) is 5.13 Å². The third-order valence-corrected chi connectivity index (χ3v) is 8.25. The molecule has 10 heteroatoms. The second-order valence-electron chi connectivity index (χ2n) is 8.48. The number of benzene rings is 1. The lowest BCUT2D eigenvalue weighted by Gasteiger charge is -2.31. The predicted octanol–water partition coefficient (Wildman–Crippen LogP) is 5.05. The number of carbonyl (C=O) groups excluding carboxylic acids is 2. The first-order valence-corrected chi connectivity index (χ1v) is 13.1. The van der Waals surface area contributed by atoms with Crippen molar-refractivity contribution in [3.63, 3.8) is 0 Å². The maximum Gasteiger partial charge on any atom is 0.276 e. The number of carbonyl (C=O) groups is 2. The van der Waals surface area contributed by atoms with E-state index in [4.69, 9.17) is 4.74 Å². The summed E-state index contributed by atoms with van der Waals surface area (Å²) in [5.74, 6) is 0.519. The van der Waals surface area contributed by atoms with Crippen LogP contribution >= 0.6 is 22.7 Å². The number of rotatable bonds is 5. The van der Waals surface area contributed by atoms with Gasteiger partial charge >= 0.3 is 0 Å². The molecule has 0 atom stereocenters. The molecule has 4 aromatic rings. The molecule has 180 valence electrons. The molecule has 5 rings (SSSR count). The number of piperidine rings is 1. The van der Waals surface area contributed by atoms with Gasteiger partial charge in [0, 0.05) is 40.7 Å². The third kappa shape index (κ3) is 4.76. The van der Waals surface area contributed by atoms with Gasteiger partial charge < -0.3 is 9.64 Å². The lowest BCUT2D eigenvalue weighted by molar-refractivity contribution is 0.0707. The summed E-state index contributed by atoms with van der Waals surface area (Å²) in [5.41, 5.74) is 2.45. The van der Waals surface area contributed by atoms with E-state index in [9.17, 15) is 9.59 Å². The van der Waals surface area contributed by atoms with Crippen LogP contribution < -0.4 is 10.1 Å². The Morgan fingerprint density at radius 3 is 2.57 bits per heavy atom. The van der Waals surface area contributed by atoms with Gasteiger partial charge in [-0.3, -0.25) is 14.9 Å². The van der Waals surface area contributed by atoms with Crippen molar-refractivity contribution < 1.29 is 14.3 Å². The number of thiazole rings is 2. The van der Waals surface area contributed by atoms with Gasteiger partial charge in [0.25, 0.3) is 11.8 Å². The molecule has 0 unspecified atom stereocenters. The number of fused-ring (bicyclic) bond motifs is 1. The number of likely N-dealkylation sites (tertiary alicyclic amines) is 1. The summed E-state index contributed by atoms with van der Waals surface area (Å²) >= 11 is 2.95. The van der Waals surface area contributed by atoms with E-state index < -0.39 is 0 Å². The highest BCUT2D eigenvalue weighted by Crippen LogP contribution is 2.32. The molecule has 4 heterocycles. The van der Waals surface area contributed by atoms with Gasteiger partial charge in [0.2, 0.25) is 0 Å². The number of para-hydroxylation sites is 1. The molecule has 35 heavy (non-hydrogen) atoms. The average Bonchev–Trinajstić information content (AvgIpc) is 3.49. The Labute approximate surface area is 211 Å². The number of nitrogens with one attached hydrogen (secondary N) is 1. The Morgan fingerprint density at radius 1 is 1.09 bits per heavy atom. The molecule has 0 aliphatic carbocycles. The number of hydrogen-bond donors (Lipinski definition) is 1. The highest BCUT2D eigenvalue weighted by molar-refractivity contribution is 7.15. The molecule has 1 saturated heterocycles. The van der Waals surface area contributed by atoms with Crippen LogP contribution in [0.3, 0.4) is 0 Å². The van der Waals surface area contributed by atoms with Crippen molar-refractivity contribution in [1.82, 2.24) is 19.9 Å². The quantitative estimate of drug-likeness (QED) is 0.406. The Morgan fingerprint density at radius 2 is 1.86 bits per heavy atom. The van der Waals surface area contributed by atoms with E-state index >= 15 is 0 Å². The van der Waals surface area contributed by atoms with Gasteiger partial charge in [-0.05, 0) is 38.8 Å². The van der Waals surface area contributed by atoms with Crippen LogP contribution in [0.2, 0.25) is 0 Å². The van der Waals surface area contributed by atoms with Crippen LogP contribution in [-0.4, -0.2) is 51.9 Å². The molecule has 3 aromatic heterocycles. The smallest absolute Gasteiger partial charge is 0.276 e. The molecule has 1 N–H and O–H groups in total. The first-order valence-electron chi connectivity index (χ1n) is 11.4. The van der Waals surface area contributed by atoms with Crippen LogP contribution in [-0.2, 0) is 0 Å². The van der Waals surface area contributed by atoms with Gasteiger partial charge in [-0.15, -0.1) is 22.7 Å². The van der Waals surface area contributed by atoms with Gasteiger partial charge in [0.05, 0.1) is 23.3 Å². The van der Waals surface area contributed by atoms with Crippen LogP contribution in [0.1, 0.15) is 55.3 Å². The Hall–Kier alpha value is -3.37. The van der Waals surface area contributed by atoms with Crippen molar-refractivity contribution in [1.29, 1.82) is 0 Å². The summed E-state index contributed by atoms with van der Waals surface area (Å²) in [6.45, 7) is 5.12. The number of methoxy groups -OCH3 is 1. The maximum atomic E-state index is 13.2. The summed E-state index contributed by atoms with van der Waals surface area (Å²) in [6, 6.07) is 9.35. The fourth-order valence-electron chi connectivity index (χ4n) is 4.18. The minimum Gasteiger partial charge on any atom is -0.496 e. The van der Waals surface area contributed by atoms with Gasteiger partial charge in [-0.25, -0.2) is 15.0 Å². The summed E-state index contributed by atoms with van der Waals surface area (Å²) in [4.78, 5) is 42.2. The third-order valence-electron chi connectivity index (χ3n) is 6.25. The van der Waals surface area contributed by atoms with Crippen LogP contribution in [0.4, 0.5) is 5.13 Å². The van der Waals surface area contributed by atoms with E-state index in [1.165, 1.54) is 22.7 Å². The number of hydrogen-bond acceptors (Lipinski definition) is 8. The largest absolute Gasteiger partial charge is 0.496 e. The van der Waals surface area contributed by atoms with Crippen molar-refractivity contribution in [3.8, 4) is 5.75 Å². The van der Waals surface area contributed by atoms with Crippen molar-refractivity contribution in [2.24, 2.45) is 0 Å². The van der Waals surface area contributed by atoms with E-state index in [-0.39, 0.29) is 17.7 Å². The van der Waals surface area contributed by atoms with Crippen LogP contribution in [0, 0.1) is 13.8 Å². The molecule has 0 bridgehead atoms. The predicted molar refractivity (Wildman–Crippen MR) is 138 cm³/mol. The number of aryl methyl sites for hydroxylation is 2. The number of aromatic nitrogens is 3. The Balaban J connectivity index is 1.23. The SMILES string of the molecule is COc1cc(C(=O)N2CCC(c3nc(C(=O)Nc4nc(C)c(C)s4)cs3)CC2)nc2ccccc12. The molecule has 1 aromatic carbocycles.